The first-order valence-corrected chi connectivity index (χ1v) is 11.5. The second kappa shape index (κ2) is 9.76. The molecule has 4 nitrogen and oxygen atoms in total. The summed E-state index contributed by atoms with van der Waals surface area (Å²) in [5.74, 6) is 0.222. The Morgan fingerprint density at radius 2 is 1.73 bits per heavy atom. The summed E-state index contributed by atoms with van der Waals surface area (Å²) in [6.45, 7) is 7.59. The lowest BCUT2D eigenvalue weighted by atomic mass is 9.92. The lowest BCUT2D eigenvalue weighted by Crippen LogP contribution is -2.51. The standard InChI is InChI=1S/C26H35N3O/c1-20(2)26(30)28-16-15-23-12-8-13-24(29(23)19-21-9-4-3-5-10-21)18-27-17-22-11-6-7-14-25(22)28/h3-7,9-11,14,20,23-24,27H,8,12-13,15-19H2,1-2H3. The Balaban J connectivity index is 1.63. The number of para-hydroxylation sites is 1. The molecule has 0 aliphatic carbocycles. The largest absolute Gasteiger partial charge is 0.312 e. The van der Waals surface area contributed by atoms with Crippen molar-refractivity contribution in [1.82, 2.24) is 10.2 Å². The molecule has 4 heteroatoms. The first-order valence-electron chi connectivity index (χ1n) is 11.5. The van der Waals surface area contributed by atoms with Crippen molar-refractivity contribution in [3.8, 4) is 0 Å². The average Bonchev–Trinajstić information content (AvgIpc) is 2.77. The number of carbonyl (C=O) groups is 1. The second-order valence-corrected chi connectivity index (χ2v) is 9.09. The minimum atomic E-state index is -0.00401. The number of carbonyl (C=O) groups excluding carboxylic acids is 1. The fourth-order valence-corrected chi connectivity index (χ4v) is 5.04. The summed E-state index contributed by atoms with van der Waals surface area (Å²) in [4.78, 5) is 17.9. The van der Waals surface area contributed by atoms with Gasteiger partial charge in [-0.05, 0) is 36.5 Å². The molecule has 1 fully saturated rings. The van der Waals surface area contributed by atoms with Crippen LogP contribution in [-0.2, 0) is 17.9 Å². The minimum absolute atomic E-state index is 0.00401. The van der Waals surface area contributed by atoms with Crippen LogP contribution in [0.25, 0.3) is 0 Å². The number of hydrogen-bond acceptors (Lipinski definition) is 3. The predicted molar refractivity (Wildman–Crippen MR) is 123 cm³/mol. The van der Waals surface area contributed by atoms with Gasteiger partial charge in [-0.2, -0.15) is 0 Å². The van der Waals surface area contributed by atoms with Crippen LogP contribution in [-0.4, -0.2) is 36.0 Å². The van der Waals surface area contributed by atoms with Crippen LogP contribution in [0.4, 0.5) is 5.69 Å². The van der Waals surface area contributed by atoms with Gasteiger partial charge in [-0.1, -0.05) is 68.8 Å². The van der Waals surface area contributed by atoms with Crippen LogP contribution in [0.15, 0.2) is 54.6 Å². The molecule has 2 atom stereocenters. The molecule has 4 rings (SSSR count). The van der Waals surface area contributed by atoms with Crippen molar-refractivity contribution < 1.29 is 4.79 Å². The first kappa shape index (κ1) is 21.1. The molecule has 0 aromatic heterocycles. The van der Waals surface area contributed by atoms with Crippen molar-refractivity contribution >= 4 is 11.6 Å². The van der Waals surface area contributed by atoms with Crippen LogP contribution < -0.4 is 10.2 Å². The summed E-state index contributed by atoms with van der Waals surface area (Å²) in [5, 5.41) is 3.72. The number of nitrogens with zero attached hydrogens (tertiary/aromatic N) is 2. The molecule has 0 radical (unpaired) electrons. The van der Waals surface area contributed by atoms with Gasteiger partial charge < -0.3 is 10.2 Å². The Morgan fingerprint density at radius 3 is 2.53 bits per heavy atom. The maximum Gasteiger partial charge on any atom is 0.229 e. The van der Waals surface area contributed by atoms with Gasteiger partial charge in [-0.25, -0.2) is 0 Å². The number of anilines is 1. The summed E-state index contributed by atoms with van der Waals surface area (Å²) < 4.78 is 0. The van der Waals surface area contributed by atoms with E-state index >= 15 is 0 Å². The van der Waals surface area contributed by atoms with E-state index in [4.69, 9.17) is 0 Å². The summed E-state index contributed by atoms with van der Waals surface area (Å²) >= 11 is 0. The van der Waals surface area contributed by atoms with Crippen LogP contribution in [0.1, 0.15) is 50.7 Å². The molecular weight excluding hydrogens is 370 g/mol. The van der Waals surface area contributed by atoms with Gasteiger partial charge in [0, 0.05) is 49.9 Å². The maximum absolute atomic E-state index is 13.1. The SMILES string of the molecule is CC(C)C(=O)N1CCC2CCCC(CNCc3ccccc31)N2Cc1ccccc1. The lowest BCUT2D eigenvalue weighted by Gasteiger charge is -2.43. The monoisotopic (exact) mass is 405 g/mol. The molecule has 1 saturated heterocycles. The van der Waals surface area contributed by atoms with Gasteiger partial charge >= 0.3 is 0 Å². The van der Waals surface area contributed by atoms with E-state index in [0.717, 1.165) is 38.3 Å². The molecule has 2 heterocycles. The van der Waals surface area contributed by atoms with E-state index in [9.17, 15) is 4.79 Å². The zero-order chi connectivity index (χ0) is 20.9. The van der Waals surface area contributed by atoms with Gasteiger partial charge in [0.15, 0.2) is 0 Å². The highest BCUT2D eigenvalue weighted by Crippen LogP contribution is 2.30. The van der Waals surface area contributed by atoms with Gasteiger partial charge in [0.05, 0.1) is 0 Å². The van der Waals surface area contributed by atoms with E-state index in [0.29, 0.717) is 12.1 Å². The fraction of sp³-hybridized carbons (Fsp3) is 0.500. The average molecular weight is 406 g/mol. The molecule has 2 bridgehead atoms. The van der Waals surface area contributed by atoms with E-state index in [-0.39, 0.29) is 11.8 Å². The highest BCUT2D eigenvalue weighted by Gasteiger charge is 2.32. The molecule has 2 aliphatic rings. The predicted octanol–water partition coefficient (Wildman–Crippen LogP) is 4.59. The van der Waals surface area contributed by atoms with Crippen molar-refractivity contribution in [2.24, 2.45) is 5.92 Å². The fourth-order valence-electron chi connectivity index (χ4n) is 5.04. The summed E-state index contributed by atoms with van der Waals surface area (Å²) in [7, 11) is 0. The second-order valence-electron chi connectivity index (χ2n) is 9.09. The summed E-state index contributed by atoms with van der Waals surface area (Å²) in [6.07, 6.45) is 4.75. The quantitative estimate of drug-likeness (QED) is 0.811. The first-order chi connectivity index (χ1) is 14.6. The third kappa shape index (κ3) is 4.76. The van der Waals surface area contributed by atoms with Gasteiger partial charge in [0.25, 0.3) is 0 Å². The molecule has 0 saturated carbocycles. The molecule has 1 N–H and O–H groups in total. The van der Waals surface area contributed by atoms with E-state index < -0.39 is 0 Å². The summed E-state index contributed by atoms with van der Waals surface area (Å²) in [6, 6.07) is 20.3. The van der Waals surface area contributed by atoms with E-state index in [1.807, 2.05) is 13.8 Å². The van der Waals surface area contributed by atoms with Crippen LogP contribution >= 0.6 is 0 Å². The number of piperidine rings is 1. The Labute approximate surface area is 181 Å². The normalized spacial score (nSPS) is 23.0. The molecular formula is C26H35N3O. The third-order valence-electron chi connectivity index (χ3n) is 6.64. The van der Waals surface area contributed by atoms with Crippen LogP contribution in [0.2, 0.25) is 0 Å². The molecule has 2 aliphatic heterocycles. The Kier molecular flexibility index (Phi) is 6.86. The van der Waals surface area contributed by atoms with E-state index in [1.165, 1.54) is 30.4 Å². The summed E-state index contributed by atoms with van der Waals surface area (Å²) in [5.41, 5.74) is 3.68. The number of fused-ring (bicyclic) bond motifs is 3. The van der Waals surface area contributed by atoms with Crippen molar-refractivity contribution in [2.75, 3.05) is 18.0 Å². The van der Waals surface area contributed by atoms with Crippen molar-refractivity contribution in [3.63, 3.8) is 0 Å². The zero-order valence-corrected chi connectivity index (χ0v) is 18.4. The molecule has 2 unspecified atom stereocenters. The van der Waals surface area contributed by atoms with Gasteiger partial charge in [-0.15, -0.1) is 0 Å². The highest BCUT2D eigenvalue weighted by atomic mass is 16.2. The highest BCUT2D eigenvalue weighted by molar-refractivity contribution is 5.95. The van der Waals surface area contributed by atoms with Gasteiger partial charge in [0.2, 0.25) is 5.91 Å². The van der Waals surface area contributed by atoms with Crippen molar-refractivity contribution in [1.29, 1.82) is 0 Å². The molecule has 0 spiro atoms. The van der Waals surface area contributed by atoms with E-state index in [1.54, 1.807) is 0 Å². The zero-order valence-electron chi connectivity index (χ0n) is 18.4. The Hall–Kier alpha value is -2.17. The maximum atomic E-state index is 13.1. The van der Waals surface area contributed by atoms with Crippen LogP contribution in [0.3, 0.4) is 0 Å². The molecule has 2 aromatic carbocycles. The molecule has 2 aromatic rings. The van der Waals surface area contributed by atoms with Crippen LogP contribution in [0.5, 0.6) is 0 Å². The smallest absolute Gasteiger partial charge is 0.229 e. The van der Waals surface area contributed by atoms with E-state index in [2.05, 4.69) is 69.7 Å². The molecule has 160 valence electrons. The van der Waals surface area contributed by atoms with Crippen molar-refractivity contribution in [3.05, 3.63) is 65.7 Å². The Bertz CT molecular complexity index is 835. The molecule has 30 heavy (non-hydrogen) atoms. The number of rotatable bonds is 3. The van der Waals surface area contributed by atoms with Crippen molar-refractivity contribution in [2.45, 2.75) is 64.7 Å². The Morgan fingerprint density at radius 1 is 1.00 bits per heavy atom. The topological polar surface area (TPSA) is 35.6 Å². The minimum Gasteiger partial charge on any atom is -0.312 e. The number of amides is 1. The number of nitrogens with one attached hydrogen (secondary N) is 1. The number of hydrogen-bond donors (Lipinski definition) is 1. The number of benzene rings is 2. The molecule has 1 amide bonds. The van der Waals surface area contributed by atoms with Gasteiger partial charge in [-0.3, -0.25) is 9.69 Å². The lowest BCUT2D eigenvalue weighted by molar-refractivity contribution is -0.121. The van der Waals surface area contributed by atoms with Crippen LogP contribution in [0, 0.1) is 5.92 Å². The van der Waals surface area contributed by atoms with Gasteiger partial charge in [0.1, 0.15) is 0 Å². The third-order valence-corrected chi connectivity index (χ3v) is 6.64.